The standard InChI is InChI=1S/C19H22N4O/c1-14(24)16-3-4-17(13-20)18(12-16)23-8-5-15(6-9-23)11-19-21-7-10-22(19)2/h3-4,7,10,12,15H,5-6,8-9,11H2,1-2H3. The molecule has 124 valence electrons. The van der Waals surface area contributed by atoms with E-state index in [0.29, 0.717) is 17.0 Å². The molecule has 1 aliphatic rings. The summed E-state index contributed by atoms with van der Waals surface area (Å²) in [5.74, 6) is 1.78. The van der Waals surface area contributed by atoms with Crippen LogP contribution in [0.1, 0.15) is 41.5 Å². The highest BCUT2D eigenvalue weighted by Crippen LogP contribution is 2.28. The molecule has 0 aliphatic carbocycles. The molecule has 1 aromatic carbocycles. The number of nitrogens with zero attached hydrogens (tertiary/aromatic N) is 4. The molecule has 2 aromatic rings. The Morgan fingerprint density at radius 3 is 2.71 bits per heavy atom. The van der Waals surface area contributed by atoms with Gasteiger partial charge in [-0.15, -0.1) is 0 Å². The first-order chi connectivity index (χ1) is 11.6. The maximum absolute atomic E-state index is 11.6. The van der Waals surface area contributed by atoms with Crippen LogP contribution in [0.3, 0.4) is 0 Å². The largest absolute Gasteiger partial charge is 0.370 e. The molecule has 5 heteroatoms. The number of hydrogen-bond acceptors (Lipinski definition) is 4. The first kappa shape index (κ1) is 16.3. The molecule has 24 heavy (non-hydrogen) atoms. The highest BCUT2D eigenvalue weighted by atomic mass is 16.1. The molecule has 2 heterocycles. The molecule has 3 rings (SSSR count). The third-order valence-corrected chi connectivity index (χ3v) is 4.87. The Kier molecular flexibility index (Phi) is 4.66. The van der Waals surface area contributed by atoms with Crippen molar-refractivity contribution in [1.82, 2.24) is 9.55 Å². The van der Waals surface area contributed by atoms with Gasteiger partial charge in [-0.05, 0) is 43.9 Å². The van der Waals surface area contributed by atoms with Crippen LogP contribution in [0.4, 0.5) is 5.69 Å². The first-order valence-corrected chi connectivity index (χ1v) is 8.34. The number of aromatic nitrogens is 2. The Balaban J connectivity index is 1.70. The highest BCUT2D eigenvalue weighted by Gasteiger charge is 2.23. The molecule has 5 nitrogen and oxygen atoms in total. The van der Waals surface area contributed by atoms with Crippen molar-refractivity contribution in [3.8, 4) is 6.07 Å². The minimum Gasteiger partial charge on any atom is -0.370 e. The number of imidazole rings is 1. The number of rotatable bonds is 4. The van der Waals surface area contributed by atoms with Crippen molar-refractivity contribution in [2.75, 3.05) is 18.0 Å². The summed E-state index contributed by atoms with van der Waals surface area (Å²) in [4.78, 5) is 18.3. The summed E-state index contributed by atoms with van der Waals surface area (Å²) in [6.07, 6.45) is 6.97. The molecule has 0 atom stereocenters. The van der Waals surface area contributed by atoms with Gasteiger partial charge in [0, 0.05) is 44.5 Å². The van der Waals surface area contributed by atoms with E-state index >= 15 is 0 Å². The van der Waals surface area contributed by atoms with E-state index in [9.17, 15) is 10.1 Å². The molecule has 0 spiro atoms. The van der Waals surface area contributed by atoms with E-state index < -0.39 is 0 Å². The zero-order chi connectivity index (χ0) is 17.1. The van der Waals surface area contributed by atoms with Crippen molar-refractivity contribution in [2.45, 2.75) is 26.2 Å². The molecule has 0 unspecified atom stereocenters. The Morgan fingerprint density at radius 2 is 2.12 bits per heavy atom. The molecule has 0 saturated carbocycles. The highest BCUT2D eigenvalue weighted by molar-refractivity contribution is 5.95. The number of aryl methyl sites for hydroxylation is 1. The second kappa shape index (κ2) is 6.88. The zero-order valence-corrected chi connectivity index (χ0v) is 14.2. The van der Waals surface area contributed by atoms with Crippen LogP contribution in [0.25, 0.3) is 0 Å². The number of hydrogen-bond donors (Lipinski definition) is 0. The molecular formula is C19H22N4O. The van der Waals surface area contributed by atoms with E-state index in [1.165, 1.54) is 0 Å². The van der Waals surface area contributed by atoms with Gasteiger partial charge in [0.2, 0.25) is 0 Å². The van der Waals surface area contributed by atoms with E-state index in [-0.39, 0.29) is 5.78 Å². The van der Waals surface area contributed by atoms with Crippen LogP contribution in [-0.4, -0.2) is 28.4 Å². The molecule has 1 saturated heterocycles. The number of piperidine rings is 1. The molecule has 1 aliphatic heterocycles. The third-order valence-electron chi connectivity index (χ3n) is 4.87. The minimum atomic E-state index is 0.0328. The molecule has 0 bridgehead atoms. The predicted molar refractivity (Wildman–Crippen MR) is 93.0 cm³/mol. The SMILES string of the molecule is CC(=O)c1ccc(C#N)c(N2CCC(Cc3nccn3C)CC2)c1. The van der Waals surface area contributed by atoms with Crippen LogP contribution >= 0.6 is 0 Å². The van der Waals surface area contributed by atoms with Crippen molar-refractivity contribution in [1.29, 1.82) is 5.26 Å². The molecule has 0 amide bonds. The minimum absolute atomic E-state index is 0.0328. The Hall–Kier alpha value is -2.61. The average molecular weight is 322 g/mol. The molecule has 1 aromatic heterocycles. The van der Waals surface area contributed by atoms with Gasteiger partial charge >= 0.3 is 0 Å². The van der Waals surface area contributed by atoms with Gasteiger partial charge in [-0.3, -0.25) is 4.79 Å². The van der Waals surface area contributed by atoms with Crippen molar-refractivity contribution < 1.29 is 4.79 Å². The van der Waals surface area contributed by atoms with E-state index in [0.717, 1.165) is 43.9 Å². The second-order valence-corrected chi connectivity index (χ2v) is 6.49. The molecule has 0 radical (unpaired) electrons. The van der Waals surface area contributed by atoms with Crippen LogP contribution in [0.2, 0.25) is 0 Å². The molecular weight excluding hydrogens is 300 g/mol. The second-order valence-electron chi connectivity index (χ2n) is 6.49. The summed E-state index contributed by atoms with van der Waals surface area (Å²) < 4.78 is 2.08. The fraction of sp³-hybridized carbons (Fsp3) is 0.421. The lowest BCUT2D eigenvalue weighted by Crippen LogP contribution is -2.35. The predicted octanol–water partition coefficient (Wildman–Crippen LogP) is 2.95. The summed E-state index contributed by atoms with van der Waals surface area (Å²) in [6.45, 7) is 3.38. The smallest absolute Gasteiger partial charge is 0.159 e. The van der Waals surface area contributed by atoms with E-state index in [1.54, 1.807) is 19.1 Å². The van der Waals surface area contributed by atoms with Gasteiger partial charge in [0.1, 0.15) is 11.9 Å². The van der Waals surface area contributed by atoms with Crippen LogP contribution in [0, 0.1) is 17.2 Å². The normalized spacial score (nSPS) is 15.3. The number of Topliss-reactive ketones (excluding diaryl/α,β-unsaturated/α-hetero) is 1. The maximum Gasteiger partial charge on any atom is 0.159 e. The van der Waals surface area contributed by atoms with Gasteiger partial charge < -0.3 is 9.47 Å². The number of anilines is 1. The van der Waals surface area contributed by atoms with Gasteiger partial charge in [0.25, 0.3) is 0 Å². The number of ketones is 1. The van der Waals surface area contributed by atoms with Crippen molar-refractivity contribution >= 4 is 11.5 Å². The zero-order valence-electron chi connectivity index (χ0n) is 14.2. The monoisotopic (exact) mass is 322 g/mol. The van der Waals surface area contributed by atoms with E-state index in [1.807, 2.05) is 25.5 Å². The lowest BCUT2D eigenvalue weighted by Gasteiger charge is -2.34. The average Bonchev–Trinajstić information content (AvgIpc) is 3.00. The Bertz CT molecular complexity index is 779. The van der Waals surface area contributed by atoms with Crippen molar-refractivity contribution in [3.63, 3.8) is 0 Å². The Morgan fingerprint density at radius 1 is 1.38 bits per heavy atom. The van der Waals surface area contributed by atoms with Gasteiger partial charge in [-0.1, -0.05) is 0 Å². The Labute approximate surface area is 142 Å². The van der Waals surface area contributed by atoms with Gasteiger partial charge in [0.15, 0.2) is 5.78 Å². The van der Waals surface area contributed by atoms with Crippen LogP contribution < -0.4 is 4.90 Å². The van der Waals surface area contributed by atoms with Crippen molar-refractivity contribution in [3.05, 3.63) is 47.5 Å². The van der Waals surface area contributed by atoms with Gasteiger partial charge in [0.05, 0.1) is 11.3 Å². The van der Waals surface area contributed by atoms with Crippen LogP contribution in [0.15, 0.2) is 30.6 Å². The topological polar surface area (TPSA) is 61.9 Å². The summed E-state index contributed by atoms with van der Waals surface area (Å²) in [5, 5.41) is 9.36. The summed E-state index contributed by atoms with van der Waals surface area (Å²) in [7, 11) is 2.03. The molecule has 1 fully saturated rings. The van der Waals surface area contributed by atoms with E-state index in [2.05, 4.69) is 20.5 Å². The first-order valence-electron chi connectivity index (χ1n) is 8.34. The fourth-order valence-electron chi connectivity index (χ4n) is 3.34. The maximum atomic E-state index is 11.6. The van der Waals surface area contributed by atoms with Gasteiger partial charge in [-0.25, -0.2) is 4.98 Å². The number of nitriles is 1. The number of carbonyl (C=O) groups excluding carboxylic acids is 1. The van der Waals surface area contributed by atoms with E-state index in [4.69, 9.17) is 0 Å². The number of carbonyl (C=O) groups is 1. The van der Waals surface area contributed by atoms with Crippen molar-refractivity contribution in [2.24, 2.45) is 13.0 Å². The van der Waals surface area contributed by atoms with Gasteiger partial charge in [-0.2, -0.15) is 5.26 Å². The fourth-order valence-corrected chi connectivity index (χ4v) is 3.34. The lowest BCUT2D eigenvalue weighted by molar-refractivity contribution is 0.101. The summed E-state index contributed by atoms with van der Waals surface area (Å²) in [5.41, 5.74) is 2.20. The quantitative estimate of drug-likeness (QED) is 0.812. The van der Waals surface area contributed by atoms with Crippen LogP contribution in [0.5, 0.6) is 0 Å². The lowest BCUT2D eigenvalue weighted by atomic mass is 9.92. The third kappa shape index (κ3) is 3.33. The molecule has 0 N–H and O–H groups in total. The number of benzene rings is 1. The van der Waals surface area contributed by atoms with Crippen LogP contribution in [-0.2, 0) is 13.5 Å². The summed E-state index contributed by atoms with van der Waals surface area (Å²) in [6, 6.07) is 7.60. The summed E-state index contributed by atoms with van der Waals surface area (Å²) >= 11 is 0.